The molecule has 3 heterocycles. The number of piperidine rings is 1. The molecule has 0 aliphatic carbocycles. The first-order valence-electron chi connectivity index (χ1n) is 7.34. The molecule has 2 fully saturated rings. The van der Waals surface area contributed by atoms with Crippen LogP contribution in [0.4, 0.5) is 11.9 Å². The minimum absolute atomic E-state index is 0.140. The summed E-state index contributed by atoms with van der Waals surface area (Å²) in [5.41, 5.74) is 5.36. The lowest BCUT2D eigenvalue weighted by atomic mass is 10.1. The Labute approximate surface area is 128 Å². The molecule has 7 nitrogen and oxygen atoms in total. The molecule has 2 N–H and O–H groups in total. The van der Waals surface area contributed by atoms with Gasteiger partial charge in [0.2, 0.25) is 23.1 Å². The molecule has 0 spiro atoms. The van der Waals surface area contributed by atoms with Gasteiger partial charge in [-0.3, -0.25) is 4.79 Å². The molecule has 8 heteroatoms. The molecule has 3 rings (SSSR count). The molecule has 1 unspecified atom stereocenters. The number of nitrogens with zero attached hydrogens (tertiary/aromatic N) is 5. The molecular weight excluding hydrogens is 292 g/mol. The quantitative estimate of drug-likeness (QED) is 0.889. The SMILES string of the molecule is NC(=O)C1CCN(c2nc(Cl)nc(N3CCCCC3)n2)C1. The average Bonchev–Trinajstić information content (AvgIpc) is 2.98. The first-order valence-corrected chi connectivity index (χ1v) is 7.72. The number of anilines is 2. The van der Waals surface area contributed by atoms with E-state index < -0.39 is 0 Å². The number of rotatable bonds is 3. The second kappa shape index (κ2) is 6.01. The topological polar surface area (TPSA) is 88.2 Å². The van der Waals surface area contributed by atoms with E-state index in [2.05, 4.69) is 19.9 Å². The van der Waals surface area contributed by atoms with E-state index in [-0.39, 0.29) is 17.1 Å². The highest BCUT2D eigenvalue weighted by molar-refractivity contribution is 6.28. The maximum atomic E-state index is 11.3. The molecule has 1 aromatic heterocycles. The van der Waals surface area contributed by atoms with Crippen molar-refractivity contribution in [3.05, 3.63) is 5.28 Å². The zero-order valence-electron chi connectivity index (χ0n) is 11.8. The lowest BCUT2D eigenvalue weighted by molar-refractivity contribution is -0.121. The summed E-state index contributed by atoms with van der Waals surface area (Å²) in [5.74, 6) is 0.763. The van der Waals surface area contributed by atoms with Crippen molar-refractivity contribution in [2.24, 2.45) is 11.7 Å². The highest BCUT2D eigenvalue weighted by atomic mass is 35.5. The molecule has 0 radical (unpaired) electrons. The molecule has 2 aliphatic rings. The minimum Gasteiger partial charge on any atom is -0.369 e. The van der Waals surface area contributed by atoms with Crippen LogP contribution in [0.2, 0.25) is 5.28 Å². The van der Waals surface area contributed by atoms with Crippen LogP contribution in [0.1, 0.15) is 25.7 Å². The fourth-order valence-electron chi connectivity index (χ4n) is 2.88. The Morgan fingerprint density at radius 1 is 1.05 bits per heavy atom. The van der Waals surface area contributed by atoms with Gasteiger partial charge in [0.05, 0.1) is 5.92 Å². The summed E-state index contributed by atoms with van der Waals surface area (Å²) >= 11 is 6.04. The van der Waals surface area contributed by atoms with Gasteiger partial charge in [-0.1, -0.05) is 0 Å². The zero-order chi connectivity index (χ0) is 14.8. The fraction of sp³-hybridized carbons (Fsp3) is 0.692. The minimum atomic E-state index is -0.270. The van der Waals surface area contributed by atoms with Gasteiger partial charge >= 0.3 is 0 Å². The van der Waals surface area contributed by atoms with Crippen molar-refractivity contribution in [3.63, 3.8) is 0 Å². The summed E-state index contributed by atoms with van der Waals surface area (Å²) in [4.78, 5) is 28.3. The molecule has 0 aromatic carbocycles. The number of carbonyl (C=O) groups is 1. The van der Waals surface area contributed by atoms with E-state index in [0.29, 0.717) is 25.0 Å². The van der Waals surface area contributed by atoms with Crippen molar-refractivity contribution in [2.75, 3.05) is 36.0 Å². The second-order valence-electron chi connectivity index (χ2n) is 5.59. The van der Waals surface area contributed by atoms with Crippen LogP contribution < -0.4 is 15.5 Å². The lowest BCUT2D eigenvalue weighted by Gasteiger charge is -2.27. The van der Waals surface area contributed by atoms with Crippen LogP contribution in [0.15, 0.2) is 0 Å². The van der Waals surface area contributed by atoms with E-state index in [4.69, 9.17) is 17.3 Å². The normalized spacial score (nSPS) is 22.6. The largest absolute Gasteiger partial charge is 0.369 e. The van der Waals surface area contributed by atoms with Gasteiger partial charge in [0, 0.05) is 26.2 Å². The molecule has 2 saturated heterocycles. The van der Waals surface area contributed by atoms with E-state index in [1.165, 1.54) is 6.42 Å². The number of halogens is 1. The number of nitrogens with two attached hydrogens (primary N) is 1. The van der Waals surface area contributed by atoms with Crippen LogP contribution in [0.5, 0.6) is 0 Å². The number of hydrogen-bond donors (Lipinski definition) is 1. The third-order valence-electron chi connectivity index (χ3n) is 4.10. The Hall–Kier alpha value is -1.63. The fourth-order valence-corrected chi connectivity index (χ4v) is 3.03. The Morgan fingerprint density at radius 2 is 1.71 bits per heavy atom. The standard InChI is InChI=1S/C13H19ClN6O/c14-11-16-12(19-5-2-1-3-6-19)18-13(17-11)20-7-4-9(8-20)10(15)21/h9H,1-8H2,(H2,15,21). The number of hydrogen-bond acceptors (Lipinski definition) is 6. The van der Waals surface area contributed by atoms with Crippen molar-refractivity contribution < 1.29 is 4.79 Å². The van der Waals surface area contributed by atoms with E-state index in [9.17, 15) is 4.79 Å². The monoisotopic (exact) mass is 310 g/mol. The molecular formula is C13H19ClN6O. The first kappa shape index (κ1) is 14.3. The van der Waals surface area contributed by atoms with Gasteiger partial charge in [0.25, 0.3) is 0 Å². The summed E-state index contributed by atoms with van der Waals surface area (Å²) in [6, 6.07) is 0. The van der Waals surface area contributed by atoms with Crippen LogP contribution >= 0.6 is 11.6 Å². The van der Waals surface area contributed by atoms with Crippen molar-refractivity contribution in [3.8, 4) is 0 Å². The van der Waals surface area contributed by atoms with Gasteiger partial charge in [-0.25, -0.2) is 0 Å². The van der Waals surface area contributed by atoms with Crippen molar-refractivity contribution in [2.45, 2.75) is 25.7 Å². The highest BCUT2D eigenvalue weighted by Crippen LogP contribution is 2.24. The van der Waals surface area contributed by atoms with Crippen LogP contribution in [0.25, 0.3) is 0 Å². The Morgan fingerprint density at radius 3 is 2.33 bits per heavy atom. The predicted octanol–water partition coefficient (Wildman–Crippen LogP) is 0.827. The third kappa shape index (κ3) is 3.18. The van der Waals surface area contributed by atoms with Crippen molar-refractivity contribution in [1.82, 2.24) is 15.0 Å². The lowest BCUT2D eigenvalue weighted by Crippen LogP contribution is -2.32. The first-order chi connectivity index (χ1) is 10.1. The number of amides is 1. The summed E-state index contributed by atoms with van der Waals surface area (Å²) in [5, 5.41) is 0.197. The second-order valence-corrected chi connectivity index (χ2v) is 5.92. The maximum Gasteiger partial charge on any atom is 0.231 e. The van der Waals surface area contributed by atoms with Gasteiger partial charge in [-0.15, -0.1) is 0 Å². The number of primary amides is 1. The molecule has 1 amide bonds. The molecule has 1 aromatic rings. The van der Waals surface area contributed by atoms with Gasteiger partial charge in [-0.05, 0) is 37.3 Å². The third-order valence-corrected chi connectivity index (χ3v) is 4.27. The molecule has 0 bridgehead atoms. The summed E-state index contributed by atoms with van der Waals surface area (Å²) in [6.07, 6.45) is 4.27. The van der Waals surface area contributed by atoms with Gasteiger partial charge in [0.1, 0.15) is 0 Å². The van der Waals surface area contributed by atoms with Crippen LogP contribution in [-0.2, 0) is 4.79 Å². The van der Waals surface area contributed by atoms with Crippen LogP contribution in [0.3, 0.4) is 0 Å². The van der Waals surface area contributed by atoms with E-state index in [1.54, 1.807) is 0 Å². The van der Waals surface area contributed by atoms with Gasteiger partial charge < -0.3 is 15.5 Å². The van der Waals surface area contributed by atoms with E-state index in [0.717, 1.165) is 32.4 Å². The van der Waals surface area contributed by atoms with Gasteiger partial charge in [-0.2, -0.15) is 15.0 Å². The summed E-state index contributed by atoms with van der Waals surface area (Å²) < 4.78 is 0. The van der Waals surface area contributed by atoms with Crippen LogP contribution in [-0.4, -0.2) is 47.0 Å². The van der Waals surface area contributed by atoms with Crippen molar-refractivity contribution in [1.29, 1.82) is 0 Å². The molecule has 114 valence electrons. The average molecular weight is 311 g/mol. The highest BCUT2D eigenvalue weighted by Gasteiger charge is 2.29. The van der Waals surface area contributed by atoms with E-state index in [1.807, 2.05) is 4.90 Å². The number of aromatic nitrogens is 3. The smallest absolute Gasteiger partial charge is 0.231 e. The Kier molecular flexibility index (Phi) is 4.10. The van der Waals surface area contributed by atoms with Gasteiger partial charge in [0.15, 0.2) is 0 Å². The molecule has 21 heavy (non-hydrogen) atoms. The van der Waals surface area contributed by atoms with Crippen molar-refractivity contribution >= 4 is 29.4 Å². The Balaban J connectivity index is 1.79. The number of carbonyl (C=O) groups excluding carboxylic acids is 1. The molecule has 1 atom stereocenters. The summed E-state index contributed by atoms with van der Waals surface area (Å²) in [6.45, 7) is 3.16. The summed E-state index contributed by atoms with van der Waals surface area (Å²) in [7, 11) is 0. The van der Waals surface area contributed by atoms with E-state index >= 15 is 0 Å². The predicted molar refractivity (Wildman–Crippen MR) is 80.4 cm³/mol. The Bertz CT molecular complexity index is 533. The van der Waals surface area contributed by atoms with Crippen LogP contribution in [0, 0.1) is 5.92 Å². The molecule has 0 saturated carbocycles. The molecule has 2 aliphatic heterocycles. The maximum absolute atomic E-state index is 11.3. The zero-order valence-corrected chi connectivity index (χ0v) is 12.6.